The minimum absolute atomic E-state index is 0.00519. The zero-order chi connectivity index (χ0) is 37.6. The summed E-state index contributed by atoms with van der Waals surface area (Å²) in [4.78, 5) is 38.2. The highest BCUT2D eigenvalue weighted by Crippen LogP contribution is 2.46. The van der Waals surface area contributed by atoms with Crippen molar-refractivity contribution >= 4 is 29.4 Å². The van der Waals surface area contributed by atoms with Gasteiger partial charge >= 0.3 is 24.4 Å². The molecule has 1 N–H and O–H groups in total. The molecule has 1 fully saturated rings. The molecule has 2 atom stereocenters. The molecule has 0 radical (unpaired) electrons. The van der Waals surface area contributed by atoms with Crippen molar-refractivity contribution in [2.45, 2.75) is 70.0 Å². The van der Waals surface area contributed by atoms with E-state index in [2.05, 4.69) is 9.97 Å². The van der Waals surface area contributed by atoms with Gasteiger partial charge in [-0.2, -0.15) is 31.6 Å². The van der Waals surface area contributed by atoms with Crippen LogP contribution in [0.1, 0.15) is 72.9 Å². The lowest BCUT2D eigenvalue weighted by Gasteiger charge is -2.44. The molecule has 17 heteroatoms. The molecule has 0 saturated carbocycles. The van der Waals surface area contributed by atoms with Gasteiger partial charge in [-0.25, -0.2) is 14.8 Å². The number of hydrogen-bond donors (Lipinski definition) is 1. The lowest BCUT2D eigenvalue weighted by molar-refractivity contribution is -0.138. The normalized spacial score (nSPS) is 17.7. The lowest BCUT2D eigenvalue weighted by Crippen LogP contribution is -2.48. The fourth-order valence-corrected chi connectivity index (χ4v) is 6.38. The first-order valence-electron chi connectivity index (χ1n) is 16.6. The third kappa shape index (κ3) is 9.02. The molecule has 5 rings (SSSR count). The Hall–Kier alpha value is -5.11. The van der Waals surface area contributed by atoms with Gasteiger partial charge in [0.1, 0.15) is 0 Å². The molecule has 0 aliphatic carbocycles. The molecule has 0 spiro atoms. The number of rotatable bonds is 11. The van der Waals surface area contributed by atoms with Crippen molar-refractivity contribution in [3.05, 3.63) is 76.6 Å². The van der Waals surface area contributed by atoms with Crippen molar-refractivity contribution in [1.82, 2.24) is 9.97 Å². The Morgan fingerprint density at radius 3 is 2.33 bits per heavy atom. The van der Waals surface area contributed by atoms with E-state index in [-0.39, 0.29) is 67.2 Å². The van der Waals surface area contributed by atoms with Crippen LogP contribution in [0.3, 0.4) is 0 Å². The van der Waals surface area contributed by atoms with Crippen molar-refractivity contribution in [2.24, 2.45) is 0 Å². The number of carbonyl (C=O) groups excluding carboxylic acids is 1. The van der Waals surface area contributed by atoms with Gasteiger partial charge < -0.3 is 24.4 Å². The first-order valence-corrected chi connectivity index (χ1v) is 16.6. The topological polar surface area (TPSA) is 132 Å². The predicted octanol–water partition coefficient (Wildman–Crippen LogP) is 7.35. The minimum Gasteiger partial charge on any atom is -0.481 e. The highest BCUT2D eigenvalue weighted by Gasteiger charge is 2.42. The summed E-state index contributed by atoms with van der Waals surface area (Å²) in [6.45, 7) is 3.40. The number of aliphatic carboxylic acids is 1. The van der Waals surface area contributed by atoms with Gasteiger partial charge in [-0.15, -0.1) is 0 Å². The third-order valence-electron chi connectivity index (χ3n) is 8.95. The number of halogens is 6. The molecule has 1 aromatic heterocycles. The van der Waals surface area contributed by atoms with E-state index in [9.17, 15) is 41.2 Å². The van der Waals surface area contributed by atoms with Crippen LogP contribution in [-0.2, 0) is 33.2 Å². The molecule has 2 aliphatic heterocycles. The summed E-state index contributed by atoms with van der Waals surface area (Å²) < 4.78 is 95.1. The largest absolute Gasteiger partial charge is 0.481 e. The zero-order valence-electron chi connectivity index (χ0n) is 28.1. The summed E-state index contributed by atoms with van der Waals surface area (Å²) in [6, 6.07) is 5.87. The molecule has 11 nitrogen and oxygen atoms in total. The van der Waals surface area contributed by atoms with Crippen LogP contribution in [0.5, 0.6) is 0 Å². The standard InChI is InChI=1S/C35H36F6N6O5/c1-2-26-17-30(28-16-24(34(36,37)38)6-7-29(28)47(26)33(50)52-10-4-3-5-31(48)49)46(21-23-13-22(18-42)14-25(15-23)35(39,40)41)32-43-19-27(20-44-32)45-8-11-51-12-9-45/h6-7,13-16,19-20,26,30H,2-5,8-12,17,21H2,1H3,(H,48,49)/t26-,30+/m1/s1. The van der Waals surface area contributed by atoms with Crippen LogP contribution in [0.2, 0.25) is 0 Å². The van der Waals surface area contributed by atoms with Crippen molar-refractivity contribution < 1.29 is 50.5 Å². The molecular weight excluding hydrogens is 698 g/mol. The van der Waals surface area contributed by atoms with E-state index in [0.717, 1.165) is 24.3 Å². The first kappa shape index (κ1) is 38.1. The molecule has 1 saturated heterocycles. The molecule has 52 heavy (non-hydrogen) atoms. The van der Waals surface area contributed by atoms with Crippen LogP contribution in [0, 0.1) is 11.3 Å². The number of nitriles is 1. The average Bonchev–Trinajstić information content (AvgIpc) is 3.12. The molecular formula is C35H36F6N6O5. The van der Waals surface area contributed by atoms with Crippen molar-refractivity contribution in [1.29, 1.82) is 5.26 Å². The highest BCUT2D eigenvalue weighted by atomic mass is 19.4. The summed E-state index contributed by atoms with van der Waals surface area (Å²) in [5, 5.41) is 18.5. The summed E-state index contributed by atoms with van der Waals surface area (Å²) in [7, 11) is 0. The molecule has 2 aromatic carbocycles. The third-order valence-corrected chi connectivity index (χ3v) is 8.95. The number of alkyl halides is 6. The number of amides is 1. The van der Waals surface area contributed by atoms with Gasteiger partial charge in [-0.05, 0) is 73.2 Å². The number of anilines is 3. The van der Waals surface area contributed by atoms with E-state index in [4.69, 9.17) is 14.6 Å². The number of fused-ring (bicyclic) bond motifs is 1. The van der Waals surface area contributed by atoms with Crippen molar-refractivity contribution in [2.75, 3.05) is 47.6 Å². The van der Waals surface area contributed by atoms with Crippen LogP contribution >= 0.6 is 0 Å². The molecule has 0 bridgehead atoms. The first-order chi connectivity index (χ1) is 24.7. The number of hydrogen-bond acceptors (Lipinski definition) is 9. The van der Waals surface area contributed by atoms with Gasteiger partial charge in [0.2, 0.25) is 5.95 Å². The van der Waals surface area contributed by atoms with Crippen LogP contribution in [0.25, 0.3) is 0 Å². The molecule has 278 valence electrons. The van der Waals surface area contributed by atoms with Gasteiger partial charge in [0.15, 0.2) is 0 Å². The van der Waals surface area contributed by atoms with Gasteiger partial charge in [-0.3, -0.25) is 9.69 Å². The highest BCUT2D eigenvalue weighted by molar-refractivity contribution is 5.90. The SMILES string of the molecule is CC[C@@H]1C[C@H](N(Cc2cc(C#N)cc(C(F)(F)F)c2)c2ncc(N3CCOCC3)cn2)c2cc(C(F)(F)F)ccc2N1C(=O)OCCCCC(=O)O. The number of benzene rings is 2. The quantitative estimate of drug-likeness (QED) is 0.158. The number of ether oxygens (including phenoxy) is 2. The Kier molecular flexibility index (Phi) is 11.8. The maximum atomic E-state index is 14.2. The van der Waals surface area contributed by atoms with E-state index in [1.807, 2.05) is 4.90 Å². The second kappa shape index (κ2) is 16.1. The summed E-state index contributed by atoms with van der Waals surface area (Å²) in [5.41, 5.74) is -1.53. The Balaban J connectivity index is 1.60. The average molecular weight is 735 g/mol. The van der Waals surface area contributed by atoms with Crippen LogP contribution in [-0.4, -0.2) is 66.1 Å². The molecule has 1 amide bonds. The number of morpholine rings is 1. The van der Waals surface area contributed by atoms with E-state index in [0.29, 0.717) is 44.5 Å². The van der Waals surface area contributed by atoms with Crippen LogP contribution in [0.4, 0.5) is 48.5 Å². The minimum atomic E-state index is -4.79. The lowest BCUT2D eigenvalue weighted by atomic mass is 9.87. The van der Waals surface area contributed by atoms with Gasteiger partial charge in [-0.1, -0.05) is 6.92 Å². The van der Waals surface area contributed by atoms with Gasteiger partial charge in [0.05, 0.1) is 72.4 Å². The number of carbonyl (C=O) groups is 2. The van der Waals surface area contributed by atoms with E-state index < -0.39 is 47.6 Å². The molecule has 3 heterocycles. The Labute approximate surface area is 295 Å². The zero-order valence-corrected chi connectivity index (χ0v) is 28.1. The van der Waals surface area contributed by atoms with E-state index >= 15 is 0 Å². The maximum Gasteiger partial charge on any atom is 0.416 e. The van der Waals surface area contributed by atoms with Gasteiger partial charge in [0, 0.05) is 32.1 Å². The molecule has 0 unspecified atom stereocenters. The summed E-state index contributed by atoms with van der Waals surface area (Å²) >= 11 is 0. The van der Waals surface area contributed by atoms with Crippen LogP contribution < -0.4 is 14.7 Å². The molecule has 3 aromatic rings. The maximum absolute atomic E-state index is 14.2. The Morgan fingerprint density at radius 2 is 1.71 bits per heavy atom. The number of aromatic nitrogens is 2. The molecule has 2 aliphatic rings. The monoisotopic (exact) mass is 734 g/mol. The summed E-state index contributed by atoms with van der Waals surface area (Å²) in [5.74, 6) is -1.00. The fourth-order valence-electron chi connectivity index (χ4n) is 6.38. The fraction of sp³-hybridized carbons (Fsp3) is 0.457. The van der Waals surface area contributed by atoms with Gasteiger partial charge in [0.25, 0.3) is 0 Å². The number of nitrogens with zero attached hydrogens (tertiary/aromatic N) is 6. The van der Waals surface area contributed by atoms with E-state index in [1.165, 1.54) is 28.3 Å². The summed E-state index contributed by atoms with van der Waals surface area (Å²) in [6.07, 6.45) is -6.66. The predicted molar refractivity (Wildman–Crippen MR) is 176 cm³/mol. The second-order valence-electron chi connectivity index (χ2n) is 12.4. The van der Waals surface area contributed by atoms with Crippen LogP contribution in [0.15, 0.2) is 48.8 Å². The number of carboxylic acids is 1. The van der Waals surface area contributed by atoms with E-state index in [1.54, 1.807) is 13.0 Å². The number of carboxylic acid groups (broad SMARTS) is 1. The second-order valence-corrected chi connectivity index (χ2v) is 12.4. The van der Waals surface area contributed by atoms with Crippen molar-refractivity contribution in [3.63, 3.8) is 0 Å². The smallest absolute Gasteiger partial charge is 0.416 e. The Morgan fingerprint density at radius 1 is 1.02 bits per heavy atom. The number of unbranched alkanes of at least 4 members (excludes halogenated alkanes) is 1. The Bertz CT molecular complexity index is 1780. The van der Waals surface area contributed by atoms with Crippen molar-refractivity contribution in [3.8, 4) is 6.07 Å².